The Hall–Kier alpha value is -0.800. The number of nitrogens with two attached hydrogens (primary N) is 1. The van der Waals surface area contributed by atoms with E-state index in [1.165, 1.54) is 10.9 Å². The number of halogens is 1. The molecule has 0 aliphatic heterocycles. The van der Waals surface area contributed by atoms with Crippen molar-refractivity contribution in [2.75, 3.05) is 0 Å². The summed E-state index contributed by atoms with van der Waals surface area (Å²) in [6, 6.07) is 8.30. The number of aromatic nitrogens is 1. The van der Waals surface area contributed by atoms with Gasteiger partial charge >= 0.3 is 0 Å². The molecule has 0 aliphatic carbocycles. The average Bonchev–Trinajstić information content (AvgIpc) is 2.45. The summed E-state index contributed by atoms with van der Waals surface area (Å²) < 4.78 is 3.25. The fourth-order valence-electron chi connectivity index (χ4n) is 1.58. The highest BCUT2D eigenvalue weighted by Gasteiger charge is 2.05. The van der Waals surface area contributed by atoms with Gasteiger partial charge in [-0.1, -0.05) is 22.0 Å². The quantitative estimate of drug-likeness (QED) is 0.813. The summed E-state index contributed by atoms with van der Waals surface area (Å²) in [5.74, 6) is 0. The van der Waals surface area contributed by atoms with Gasteiger partial charge in [-0.2, -0.15) is 0 Å². The predicted molar refractivity (Wildman–Crippen MR) is 58.5 cm³/mol. The molecule has 2 rings (SSSR count). The molecule has 0 saturated heterocycles. The molecule has 0 fully saturated rings. The van der Waals surface area contributed by atoms with Crippen LogP contribution in [0.15, 0.2) is 28.7 Å². The van der Waals surface area contributed by atoms with Crippen molar-refractivity contribution in [3.05, 3.63) is 34.4 Å². The lowest BCUT2D eigenvalue weighted by molar-refractivity contribution is 0.849. The van der Waals surface area contributed by atoms with Crippen LogP contribution in [0.5, 0.6) is 0 Å². The predicted octanol–water partition coefficient (Wildman–Crippen LogP) is 2.40. The number of fused-ring (bicyclic) bond motifs is 1. The van der Waals surface area contributed by atoms with E-state index in [1.807, 2.05) is 19.2 Å². The first-order valence-electron chi connectivity index (χ1n) is 4.17. The highest BCUT2D eigenvalue weighted by Crippen LogP contribution is 2.26. The summed E-state index contributed by atoms with van der Waals surface area (Å²) in [7, 11) is 2.04. The van der Waals surface area contributed by atoms with E-state index in [-0.39, 0.29) is 0 Å². The number of nitrogens with zero attached hydrogens (tertiary/aromatic N) is 1. The summed E-state index contributed by atoms with van der Waals surface area (Å²) in [5, 5.41) is 1.23. The number of benzene rings is 1. The molecule has 1 aromatic carbocycles. The van der Waals surface area contributed by atoms with Gasteiger partial charge in [0.15, 0.2) is 0 Å². The summed E-state index contributed by atoms with van der Waals surface area (Å²) in [6.45, 7) is 0.581. The van der Waals surface area contributed by atoms with E-state index in [2.05, 4.69) is 32.6 Å². The third kappa shape index (κ3) is 1.28. The second-order valence-electron chi connectivity index (χ2n) is 3.07. The van der Waals surface area contributed by atoms with E-state index >= 15 is 0 Å². The van der Waals surface area contributed by atoms with E-state index in [9.17, 15) is 0 Å². The van der Waals surface area contributed by atoms with E-state index < -0.39 is 0 Å². The highest BCUT2D eigenvalue weighted by atomic mass is 79.9. The van der Waals surface area contributed by atoms with Crippen molar-refractivity contribution in [3.8, 4) is 0 Å². The first-order chi connectivity index (χ1) is 6.24. The van der Waals surface area contributed by atoms with Gasteiger partial charge in [0, 0.05) is 34.7 Å². The lowest BCUT2D eigenvalue weighted by Crippen LogP contribution is -2.02. The second kappa shape index (κ2) is 3.16. The summed E-state index contributed by atoms with van der Waals surface area (Å²) in [6.07, 6.45) is 0. The number of hydrogen-bond acceptors (Lipinski definition) is 1. The zero-order valence-electron chi connectivity index (χ0n) is 7.42. The number of rotatable bonds is 1. The lowest BCUT2D eigenvalue weighted by atomic mass is 10.2. The molecule has 1 heterocycles. The molecule has 0 unspecified atom stereocenters. The fourth-order valence-corrected chi connectivity index (χ4v) is 2.05. The Morgan fingerprint density at radius 3 is 2.85 bits per heavy atom. The van der Waals surface area contributed by atoms with Crippen LogP contribution in [0.3, 0.4) is 0 Å². The Morgan fingerprint density at radius 2 is 2.23 bits per heavy atom. The molecule has 68 valence electrons. The number of hydrogen-bond donors (Lipinski definition) is 1. The van der Waals surface area contributed by atoms with Crippen LogP contribution in [-0.4, -0.2) is 4.57 Å². The van der Waals surface area contributed by atoms with Gasteiger partial charge in [0.05, 0.1) is 0 Å². The maximum Gasteiger partial charge on any atom is 0.0491 e. The van der Waals surface area contributed by atoms with E-state index in [0.29, 0.717) is 6.54 Å². The van der Waals surface area contributed by atoms with Gasteiger partial charge in [-0.3, -0.25) is 0 Å². The fraction of sp³-hybridized carbons (Fsp3) is 0.200. The van der Waals surface area contributed by atoms with Gasteiger partial charge in [0.2, 0.25) is 0 Å². The van der Waals surface area contributed by atoms with Crippen LogP contribution in [0.2, 0.25) is 0 Å². The summed E-state index contributed by atoms with van der Waals surface area (Å²) in [5.41, 5.74) is 8.00. The molecule has 3 heteroatoms. The Balaban J connectivity index is 2.83. The van der Waals surface area contributed by atoms with Crippen molar-refractivity contribution in [1.82, 2.24) is 4.57 Å². The Morgan fingerprint density at radius 1 is 1.46 bits per heavy atom. The molecule has 0 atom stereocenters. The van der Waals surface area contributed by atoms with E-state index in [1.54, 1.807) is 0 Å². The largest absolute Gasteiger partial charge is 0.346 e. The van der Waals surface area contributed by atoms with Crippen molar-refractivity contribution in [1.29, 1.82) is 0 Å². The molecule has 1 aromatic heterocycles. The highest BCUT2D eigenvalue weighted by molar-refractivity contribution is 9.10. The van der Waals surface area contributed by atoms with Crippen molar-refractivity contribution in [2.45, 2.75) is 6.54 Å². The third-order valence-corrected chi connectivity index (χ3v) is 3.03. The molecule has 0 spiro atoms. The first kappa shape index (κ1) is 8.78. The molecule has 2 nitrogen and oxygen atoms in total. The topological polar surface area (TPSA) is 30.9 Å². The van der Waals surface area contributed by atoms with Gasteiger partial charge in [0.1, 0.15) is 0 Å². The maximum absolute atomic E-state index is 5.63. The SMILES string of the molecule is Cn1c(CN)cc2c(Br)cccc21. The second-order valence-corrected chi connectivity index (χ2v) is 3.93. The molecule has 0 bridgehead atoms. The Bertz CT molecular complexity index is 445. The lowest BCUT2D eigenvalue weighted by Gasteiger charge is -2.00. The maximum atomic E-state index is 5.63. The standard InChI is InChI=1S/C10H11BrN2/c1-13-7(6-12)5-8-9(11)3-2-4-10(8)13/h2-5H,6,12H2,1H3. The molecule has 2 aromatic rings. The van der Waals surface area contributed by atoms with Crippen LogP contribution in [-0.2, 0) is 13.6 Å². The number of aryl methyl sites for hydroxylation is 1. The normalized spacial score (nSPS) is 11.0. The van der Waals surface area contributed by atoms with E-state index in [4.69, 9.17) is 5.73 Å². The van der Waals surface area contributed by atoms with Gasteiger partial charge in [-0.15, -0.1) is 0 Å². The smallest absolute Gasteiger partial charge is 0.0491 e. The molecule has 0 radical (unpaired) electrons. The zero-order valence-corrected chi connectivity index (χ0v) is 9.01. The van der Waals surface area contributed by atoms with Crippen LogP contribution in [0.25, 0.3) is 10.9 Å². The van der Waals surface area contributed by atoms with Crippen molar-refractivity contribution in [2.24, 2.45) is 12.8 Å². The van der Waals surface area contributed by atoms with Crippen molar-refractivity contribution >= 4 is 26.8 Å². The summed E-state index contributed by atoms with van der Waals surface area (Å²) in [4.78, 5) is 0. The molecule has 0 amide bonds. The molecule has 2 N–H and O–H groups in total. The van der Waals surface area contributed by atoms with Crippen LogP contribution in [0, 0.1) is 0 Å². The average molecular weight is 239 g/mol. The van der Waals surface area contributed by atoms with Crippen LogP contribution >= 0.6 is 15.9 Å². The minimum Gasteiger partial charge on any atom is -0.346 e. The monoisotopic (exact) mass is 238 g/mol. The van der Waals surface area contributed by atoms with Gasteiger partial charge in [0.25, 0.3) is 0 Å². The van der Waals surface area contributed by atoms with Crippen LogP contribution < -0.4 is 5.73 Å². The van der Waals surface area contributed by atoms with Gasteiger partial charge in [-0.05, 0) is 18.2 Å². The van der Waals surface area contributed by atoms with E-state index in [0.717, 1.165) is 10.2 Å². The van der Waals surface area contributed by atoms with Gasteiger partial charge in [-0.25, -0.2) is 0 Å². The molecular weight excluding hydrogens is 228 g/mol. The first-order valence-corrected chi connectivity index (χ1v) is 4.96. The van der Waals surface area contributed by atoms with Crippen LogP contribution in [0.1, 0.15) is 5.69 Å². The Labute approximate surface area is 85.5 Å². The molecule has 0 saturated carbocycles. The van der Waals surface area contributed by atoms with Crippen molar-refractivity contribution < 1.29 is 0 Å². The van der Waals surface area contributed by atoms with Crippen LogP contribution in [0.4, 0.5) is 0 Å². The van der Waals surface area contributed by atoms with Gasteiger partial charge < -0.3 is 10.3 Å². The third-order valence-electron chi connectivity index (χ3n) is 2.34. The Kier molecular flexibility index (Phi) is 2.14. The molecular formula is C10H11BrN2. The zero-order chi connectivity index (χ0) is 9.42. The summed E-state index contributed by atoms with van der Waals surface area (Å²) >= 11 is 3.52. The molecule has 0 aliphatic rings. The molecule has 13 heavy (non-hydrogen) atoms. The van der Waals surface area contributed by atoms with Crippen molar-refractivity contribution in [3.63, 3.8) is 0 Å². The minimum atomic E-state index is 0.581. The minimum absolute atomic E-state index is 0.581.